The fourth-order valence-electron chi connectivity index (χ4n) is 4.23. The lowest BCUT2D eigenvalue weighted by molar-refractivity contribution is -0.727. The number of benzene rings is 1. The molecule has 176 valence electrons. The van der Waals surface area contributed by atoms with Gasteiger partial charge in [0.1, 0.15) is 0 Å². The highest BCUT2D eigenvalue weighted by molar-refractivity contribution is 5.97. The number of ether oxygens (including phenoxy) is 1. The van der Waals surface area contributed by atoms with Gasteiger partial charge in [0.05, 0.1) is 18.1 Å². The summed E-state index contributed by atoms with van der Waals surface area (Å²) in [6.07, 6.45) is 5.41. The van der Waals surface area contributed by atoms with Gasteiger partial charge in [-0.1, -0.05) is 37.3 Å². The molecule has 0 spiro atoms. The fraction of sp³-hybridized carbons (Fsp3) is 0.440. The predicted molar refractivity (Wildman–Crippen MR) is 119 cm³/mol. The molecule has 1 saturated heterocycles. The van der Waals surface area contributed by atoms with Crippen molar-refractivity contribution in [3.05, 3.63) is 66.0 Å². The van der Waals surface area contributed by atoms with Gasteiger partial charge in [0.15, 0.2) is 18.2 Å². The highest BCUT2D eigenvalue weighted by Gasteiger charge is 2.33. The molecular formula is C25H31N2O6+. The zero-order chi connectivity index (χ0) is 23.8. The molecule has 8 nitrogen and oxygen atoms in total. The largest absolute Gasteiger partial charge is 0.481 e. The zero-order valence-electron chi connectivity index (χ0n) is 18.8. The Bertz CT molecular complexity index is 964. The number of Topliss-reactive ketones (excluding diaryl/α,β-unsaturated/α-hetero) is 1. The van der Waals surface area contributed by atoms with Crippen LogP contribution in [0.5, 0.6) is 0 Å². The van der Waals surface area contributed by atoms with E-state index in [0.717, 1.165) is 19.3 Å². The lowest BCUT2D eigenvalue weighted by Gasteiger charge is -2.38. The molecule has 3 rings (SSSR count). The van der Waals surface area contributed by atoms with Crippen LogP contribution in [0.3, 0.4) is 0 Å². The number of pyridine rings is 1. The van der Waals surface area contributed by atoms with Crippen LogP contribution in [0, 0.1) is 5.92 Å². The van der Waals surface area contributed by atoms with Gasteiger partial charge in [-0.05, 0) is 30.9 Å². The summed E-state index contributed by atoms with van der Waals surface area (Å²) in [5, 5.41) is 18.2. The Hall–Kier alpha value is -3.26. The first kappa shape index (κ1) is 24.4. The third-order valence-electron chi connectivity index (χ3n) is 6.20. The lowest BCUT2D eigenvalue weighted by atomic mass is 9.87. The maximum absolute atomic E-state index is 12.9. The number of ketones is 1. The maximum atomic E-state index is 12.9. The molecule has 1 fully saturated rings. The van der Waals surface area contributed by atoms with Gasteiger partial charge in [-0.3, -0.25) is 9.59 Å². The number of carboxylic acid groups (broad SMARTS) is 1. The highest BCUT2D eigenvalue weighted by atomic mass is 16.6. The average molecular weight is 456 g/mol. The van der Waals surface area contributed by atoms with E-state index < -0.39 is 30.4 Å². The molecule has 33 heavy (non-hydrogen) atoms. The number of carbonyl (C=O) groups is 3. The van der Waals surface area contributed by atoms with Crippen LogP contribution in [0.15, 0.2) is 54.9 Å². The monoisotopic (exact) mass is 455 g/mol. The number of hydrogen-bond acceptors (Lipinski definition) is 5. The van der Waals surface area contributed by atoms with Crippen molar-refractivity contribution in [2.24, 2.45) is 5.92 Å². The molecule has 1 amide bonds. The minimum Gasteiger partial charge on any atom is -0.481 e. The summed E-state index contributed by atoms with van der Waals surface area (Å²) >= 11 is 0. The third-order valence-corrected chi connectivity index (χ3v) is 6.20. The first-order chi connectivity index (χ1) is 15.9. The quantitative estimate of drug-likeness (QED) is 0.445. The molecule has 8 heteroatoms. The first-order valence-electron chi connectivity index (χ1n) is 11.2. The SMILES string of the molecule is C[C@H](c1ccccc1)C1CCCCN1C(=O)OC[n+]1cccc(C(=O)C[C@@H](CO)C(=O)O)c1. The van der Waals surface area contributed by atoms with Crippen molar-refractivity contribution in [2.75, 3.05) is 13.2 Å². The number of hydrogen-bond donors (Lipinski definition) is 2. The van der Waals surface area contributed by atoms with E-state index in [4.69, 9.17) is 14.9 Å². The van der Waals surface area contributed by atoms with E-state index in [1.54, 1.807) is 27.8 Å². The van der Waals surface area contributed by atoms with Gasteiger partial charge in [0.25, 0.3) is 6.73 Å². The number of likely N-dealkylation sites (tertiary alicyclic amines) is 1. The summed E-state index contributed by atoms with van der Waals surface area (Å²) < 4.78 is 7.13. The van der Waals surface area contributed by atoms with Gasteiger partial charge in [-0.25, -0.2) is 4.79 Å². The van der Waals surface area contributed by atoms with Crippen molar-refractivity contribution >= 4 is 17.8 Å². The Labute approximate surface area is 193 Å². The van der Waals surface area contributed by atoms with Crippen LogP contribution in [-0.4, -0.2) is 52.2 Å². The molecular weight excluding hydrogens is 424 g/mol. The molecule has 0 saturated carbocycles. The molecule has 0 bridgehead atoms. The number of piperidine rings is 1. The molecule has 2 aromatic rings. The number of aromatic nitrogens is 1. The summed E-state index contributed by atoms with van der Waals surface area (Å²) in [7, 11) is 0. The Morgan fingerprint density at radius 3 is 2.61 bits per heavy atom. The number of carboxylic acids is 1. The van der Waals surface area contributed by atoms with Gasteiger partial charge < -0.3 is 19.8 Å². The van der Waals surface area contributed by atoms with Crippen LogP contribution in [0.4, 0.5) is 4.79 Å². The van der Waals surface area contributed by atoms with Crippen LogP contribution in [0.2, 0.25) is 0 Å². The molecule has 1 unspecified atom stereocenters. The standard InChI is InChI=1S/C25H30N2O6/c1-18(19-8-3-2-4-9-19)22-11-5-6-13-27(22)25(32)33-17-26-12-7-10-20(15-26)23(29)14-21(16-28)24(30)31/h2-4,7-10,12,15,18,21-22,28H,5-6,11,13-14,16-17H2,1H3/p+1/t18-,21+,22?/m1/s1. The van der Waals surface area contributed by atoms with E-state index >= 15 is 0 Å². The number of aliphatic hydroxyl groups excluding tert-OH is 1. The van der Waals surface area contributed by atoms with Crippen LogP contribution in [-0.2, 0) is 16.3 Å². The Morgan fingerprint density at radius 1 is 1.15 bits per heavy atom. The van der Waals surface area contributed by atoms with Crippen molar-refractivity contribution in [3.63, 3.8) is 0 Å². The van der Waals surface area contributed by atoms with Crippen LogP contribution >= 0.6 is 0 Å². The molecule has 1 aromatic carbocycles. The second-order valence-electron chi connectivity index (χ2n) is 8.45. The molecule has 2 heterocycles. The predicted octanol–water partition coefficient (Wildman–Crippen LogP) is 2.99. The highest BCUT2D eigenvalue weighted by Crippen LogP contribution is 2.30. The molecule has 0 radical (unpaired) electrons. The first-order valence-corrected chi connectivity index (χ1v) is 11.2. The van der Waals surface area contributed by atoms with Crippen molar-refractivity contribution in [2.45, 2.75) is 51.3 Å². The summed E-state index contributed by atoms with van der Waals surface area (Å²) in [4.78, 5) is 38.2. The van der Waals surface area contributed by atoms with E-state index in [1.165, 1.54) is 11.8 Å². The second kappa shape index (κ2) is 11.6. The van der Waals surface area contributed by atoms with Gasteiger partial charge in [0.2, 0.25) is 0 Å². The smallest absolute Gasteiger partial charge is 0.414 e. The van der Waals surface area contributed by atoms with Crippen LogP contribution in [0.25, 0.3) is 0 Å². The van der Waals surface area contributed by atoms with Crippen LogP contribution < -0.4 is 4.57 Å². The molecule has 1 aliphatic rings. The molecule has 0 aliphatic carbocycles. The number of rotatable bonds is 9. The Morgan fingerprint density at radius 2 is 1.91 bits per heavy atom. The normalized spacial score (nSPS) is 17.8. The summed E-state index contributed by atoms with van der Waals surface area (Å²) in [5.74, 6) is -2.58. The summed E-state index contributed by atoms with van der Waals surface area (Å²) in [6, 6.07) is 13.4. The van der Waals surface area contributed by atoms with E-state index in [2.05, 4.69) is 19.1 Å². The van der Waals surface area contributed by atoms with Crippen molar-refractivity contribution in [1.82, 2.24) is 4.90 Å². The minimum absolute atomic E-state index is 0.0537. The molecule has 1 aromatic heterocycles. The number of aliphatic hydroxyl groups is 1. The summed E-state index contributed by atoms with van der Waals surface area (Å²) in [5.41, 5.74) is 1.48. The van der Waals surface area contributed by atoms with Crippen molar-refractivity contribution in [3.8, 4) is 0 Å². The topological polar surface area (TPSA) is 108 Å². The van der Waals surface area contributed by atoms with Gasteiger partial charge in [0, 0.05) is 31.0 Å². The molecule has 1 aliphatic heterocycles. The lowest BCUT2D eigenvalue weighted by Crippen LogP contribution is -2.48. The van der Waals surface area contributed by atoms with E-state index in [-0.39, 0.29) is 25.1 Å². The number of aliphatic carboxylic acids is 1. The third kappa shape index (κ3) is 6.38. The second-order valence-corrected chi connectivity index (χ2v) is 8.45. The van der Waals surface area contributed by atoms with Gasteiger partial charge >= 0.3 is 12.1 Å². The number of carbonyl (C=O) groups excluding carboxylic acids is 2. The zero-order valence-corrected chi connectivity index (χ0v) is 18.8. The minimum atomic E-state index is -1.22. The number of nitrogens with zero attached hydrogens (tertiary/aromatic N) is 2. The van der Waals surface area contributed by atoms with Crippen molar-refractivity contribution < 1.29 is 33.9 Å². The molecule has 2 N–H and O–H groups in total. The molecule has 3 atom stereocenters. The van der Waals surface area contributed by atoms with E-state index in [0.29, 0.717) is 12.1 Å². The van der Waals surface area contributed by atoms with Crippen LogP contribution in [0.1, 0.15) is 54.4 Å². The van der Waals surface area contributed by atoms with Gasteiger partial charge in [-0.2, -0.15) is 4.57 Å². The fourth-order valence-corrected chi connectivity index (χ4v) is 4.23. The van der Waals surface area contributed by atoms with E-state index in [9.17, 15) is 14.4 Å². The van der Waals surface area contributed by atoms with Gasteiger partial charge in [-0.15, -0.1) is 0 Å². The van der Waals surface area contributed by atoms with Crippen molar-refractivity contribution in [1.29, 1.82) is 0 Å². The van der Waals surface area contributed by atoms with E-state index in [1.807, 2.05) is 18.2 Å². The Balaban J connectivity index is 1.63. The Kier molecular flexibility index (Phi) is 8.54. The summed E-state index contributed by atoms with van der Waals surface area (Å²) in [6.45, 7) is 2.10. The maximum Gasteiger partial charge on any atom is 0.414 e. The average Bonchev–Trinajstić information content (AvgIpc) is 2.85. The number of amides is 1.